The number of hydrogen-bond donors (Lipinski definition) is 0. The molecule has 1 atom stereocenters. The maximum atomic E-state index is 4.08. The maximum absolute atomic E-state index is 4.08. The van der Waals surface area contributed by atoms with Crippen LogP contribution in [0.25, 0.3) is 0 Å². The minimum Gasteiger partial charge on any atom is -0.317 e. The van der Waals surface area contributed by atoms with E-state index in [0.717, 1.165) is 11.4 Å². The van der Waals surface area contributed by atoms with Crippen LogP contribution < -0.4 is 9.80 Å². The number of fused-ring (bicyclic) bond motifs is 3. The lowest BCUT2D eigenvalue weighted by molar-refractivity contribution is 0.443. The molecule has 0 fully saturated rings. The Balaban J connectivity index is 0.000000660. The van der Waals surface area contributed by atoms with Crippen molar-refractivity contribution in [1.82, 2.24) is 0 Å². The zero-order valence-electron chi connectivity index (χ0n) is 18.2. The van der Waals surface area contributed by atoms with Crippen molar-refractivity contribution in [3.63, 3.8) is 0 Å². The van der Waals surface area contributed by atoms with E-state index in [2.05, 4.69) is 91.4 Å². The van der Waals surface area contributed by atoms with Gasteiger partial charge in [0.1, 0.15) is 6.17 Å². The van der Waals surface area contributed by atoms with Crippen LogP contribution in [0.5, 0.6) is 0 Å². The van der Waals surface area contributed by atoms with Gasteiger partial charge in [0, 0.05) is 16.8 Å². The standard InChI is InChI=1S/C22H22N2.2C2H6/c1-5-18-19(6-2)24-20-15-11-10-14-17(20)22(3,4)21(24)23(18)16-12-8-7-9-13-16;2*1-2/h5-15,21H,1-2H2,3-4H3;2*1-2H3. The monoisotopic (exact) mass is 374 g/mol. The van der Waals surface area contributed by atoms with Crippen molar-refractivity contribution in [2.45, 2.75) is 53.1 Å². The summed E-state index contributed by atoms with van der Waals surface area (Å²) in [4.78, 5) is 4.80. The molecule has 2 heterocycles. The number of hydrogen-bond acceptors (Lipinski definition) is 2. The first-order valence-corrected chi connectivity index (χ1v) is 10.3. The molecule has 148 valence electrons. The molecule has 2 aliphatic heterocycles. The Kier molecular flexibility index (Phi) is 6.90. The molecule has 28 heavy (non-hydrogen) atoms. The number of benzene rings is 2. The SMILES string of the molecule is C=CC1=C(C=C)N2c3ccccc3C(C)(C)C2N1c1ccccc1.CC.CC. The third kappa shape index (κ3) is 3.17. The Bertz CT molecular complexity index is 836. The lowest BCUT2D eigenvalue weighted by Crippen LogP contribution is -2.48. The molecule has 0 aliphatic carbocycles. The number of para-hydroxylation sites is 2. The second-order valence-corrected chi connectivity index (χ2v) is 6.87. The summed E-state index contributed by atoms with van der Waals surface area (Å²) < 4.78 is 0. The van der Waals surface area contributed by atoms with Gasteiger partial charge in [-0.3, -0.25) is 0 Å². The van der Waals surface area contributed by atoms with Crippen LogP contribution in [0.2, 0.25) is 0 Å². The van der Waals surface area contributed by atoms with Crippen LogP contribution in [0, 0.1) is 0 Å². The summed E-state index contributed by atoms with van der Waals surface area (Å²) in [6, 6.07) is 19.2. The minimum absolute atomic E-state index is 0.0224. The normalized spacial score (nSPS) is 18.3. The fourth-order valence-corrected chi connectivity index (χ4v) is 4.18. The van der Waals surface area contributed by atoms with Gasteiger partial charge in [0.05, 0.1) is 11.4 Å². The van der Waals surface area contributed by atoms with Gasteiger partial charge in [0.25, 0.3) is 0 Å². The Morgan fingerprint density at radius 2 is 1.25 bits per heavy atom. The van der Waals surface area contributed by atoms with Crippen molar-refractivity contribution in [3.8, 4) is 0 Å². The first-order chi connectivity index (χ1) is 13.6. The molecule has 0 aromatic heterocycles. The minimum atomic E-state index is -0.0224. The predicted octanol–water partition coefficient (Wildman–Crippen LogP) is 7.27. The molecule has 0 N–H and O–H groups in total. The highest BCUT2D eigenvalue weighted by molar-refractivity contribution is 5.78. The summed E-state index contributed by atoms with van der Waals surface area (Å²) in [5, 5.41) is 0. The molecule has 0 spiro atoms. The zero-order valence-corrected chi connectivity index (χ0v) is 18.2. The van der Waals surface area contributed by atoms with Crippen molar-refractivity contribution < 1.29 is 0 Å². The summed E-state index contributed by atoms with van der Waals surface area (Å²) in [5.41, 5.74) is 6.03. The van der Waals surface area contributed by atoms with Crippen molar-refractivity contribution in [2.75, 3.05) is 9.80 Å². The van der Waals surface area contributed by atoms with Crippen molar-refractivity contribution in [1.29, 1.82) is 0 Å². The van der Waals surface area contributed by atoms with Gasteiger partial charge >= 0.3 is 0 Å². The van der Waals surface area contributed by atoms with E-state index in [-0.39, 0.29) is 11.6 Å². The summed E-state index contributed by atoms with van der Waals surface area (Å²) >= 11 is 0. The van der Waals surface area contributed by atoms with Crippen molar-refractivity contribution in [2.24, 2.45) is 0 Å². The molecule has 0 radical (unpaired) electrons. The van der Waals surface area contributed by atoms with Crippen molar-refractivity contribution >= 4 is 11.4 Å². The average Bonchev–Trinajstić information content (AvgIpc) is 3.22. The highest BCUT2D eigenvalue weighted by Crippen LogP contribution is 2.53. The average molecular weight is 375 g/mol. The second kappa shape index (κ2) is 8.97. The number of rotatable bonds is 3. The van der Waals surface area contributed by atoms with Crippen LogP contribution in [0.15, 0.2) is 91.3 Å². The van der Waals surface area contributed by atoms with Crippen LogP contribution >= 0.6 is 0 Å². The van der Waals surface area contributed by atoms with Crippen LogP contribution in [0.1, 0.15) is 47.1 Å². The topological polar surface area (TPSA) is 6.48 Å². The van der Waals surface area contributed by atoms with Crippen LogP contribution in [0.4, 0.5) is 11.4 Å². The van der Waals surface area contributed by atoms with Gasteiger partial charge in [0.2, 0.25) is 0 Å². The van der Waals surface area contributed by atoms with E-state index in [1.165, 1.54) is 16.9 Å². The van der Waals surface area contributed by atoms with E-state index in [1.54, 1.807) is 0 Å². The van der Waals surface area contributed by atoms with E-state index in [4.69, 9.17) is 0 Å². The number of nitrogens with zero attached hydrogens (tertiary/aromatic N) is 2. The Hall–Kier alpha value is -2.74. The van der Waals surface area contributed by atoms with E-state index in [1.807, 2.05) is 39.8 Å². The molecule has 0 saturated carbocycles. The van der Waals surface area contributed by atoms with Gasteiger partial charge in [0.15, 0.2) is 0 Å². The first kappa shape index (κ1) is 21.6. The van der Waals surface area contributed by atoms with E-state index in [9.17, 15) is 0 Å². The molecule has 2 aromatic rings. The molecule has 4 rings (SSSR count). The number of allylic oxidation sites excluding steroid dienone is 2. The Labute approximate surface area is 171 Å². The van der Waals surface area contributed by atoms with E-state index in [0.29, 0.717) is 0 Å². The fourth-order valence-electron chi connectivity index (χ4n) is 4.18. The number of anilines is 2. The maximum Gasteiger partial charge on any atom is 0.120 e. The molecule has 2 aromatic carbocycles. The lowest BCUT2D eigenvalue weighted by Gasteiger charge is -2.37. The summed E-state index contributed by atoms with van der Waals surface area (Å²) in [7, 11) is 0. The van der Waals surface area contributed by atoms with Gasteiger partial charge in [-0.2, -0.15) is 0 Å². The van der Waals surface area contributed by atoms with E-state index >= 15 is 0 Å². The molecule has 2 heteroatoms. The second-order valence-electron chi connectivity index (χ2n) is 6.87. The van der Waals surface area contributed by atoms with Crippen LogP contribution in [-0.4, -0.2) is 6.17 Å². The van der Waals surface area contributed by atoms with Crippen molar-refractivity contribution in [3.05, 3.63) is 96.9 Å². The summed E-state index contributed by atoms with van der Waals surface area (Å²) in [6.45, 7) is 20.8. The largest absolute Gasteiger partial charge is 0.317 e. The molecule has 1 unspecified atom stereocenters. The van der Waals surface area contributed by atoms with Gasteiger partial charge < -0.3 is 9.80 Å². The molecule has 0 saturated heterocycles. The van der Waals surface area contributed by atoms with Gasteiger partial charge in [-0.05, 0) is 35.9 Å². The smallest absolute Gasteiger partial charge is 0.120 e. The Morgan fingerprint density at radius 3 is 1.82 bits per heavy atom. The lowest BCUT2D eigenvalue weighted by atomic mass is 9.83. The zero-order chi connectivity index (χ0) is 20.9. The van der Waals surface area contributed by atoms with Gasteiger partial charge in [-0.1, -0.05) is 91.1 Å². The Morgan fingerprint density at radius 1 is 0.750 bits per heavy atom. The molecular formula is C26H34N2. The molecule has 0 bridgehead atoms. The molecule has 0 amide bonds. The van der Waals surface area contributed by atoms with Gasteiger partial charge in [-0.15, -0.1) is 0 Å². The fraction of sp³-hybridized carbons (Fsp3) is 0.308. The quantitative estimate of drug-likeness (QED) is 0.557. The molecular weight excluding hydrogens is 340 g/mol. The summed E-state index contributed by atoms with van der Waals surface area (Å²) in [6.07, 6.45) is 4.07. The molecule has 2 aliphatic rings. The third-order valence-electron chi connectivity index (χ3n) is 5.19. The first-order valence-electron chi connectivity index (χ1n) is 10.3. The van der Waals surface area contributed by atoms with Gasteiger partial charge in [-0.25, -0.2) is 0 Å². The predicted molar refractivity (Wildman–Crippen MR) is 125 cm³/mol. The highest BCUT2D eigenvalue weighted by atomic mass is 15.4. The summed E-state index contributed by atoms with van der Waals surface area (Å²) in [5.74, 6) is 0. The molecule has 2 nitrogen and oxygen atoms in total. The van der Waals surface area contributed by atoms with Crippen LogP contribution in [0.3, 0.4) is 0 Å². The van der Waals surface area contributed by atoms with Crippen LogP contribution in [-0.2, 0) is 5.41 Å². The van der Waals surface area contributed by atoms with E-state index < -0.39 is 0 Å². The highest BCUT2D eigenvalue weighted by Gasteiger charge is 2.53. The third-order valence-corrected chi connectivity index (χ3v) is 5.19.